The second kappa shape index (κ2) is 10.2. The summed E-state index contributed by atoms with van der Waals surface area (Å²) in [5.41, 5.74) is 4.13. The number of hydrogen-bond acceptors (Lipinski definition) is 9. The molecule has 196 valence electrons. The van der Waals surface area contributed by atoms with Crippen molar-refractivity contribution in [3.8, 4) is 11.1 Å². The standard InChI is InChI=1S/C28H28N4O6/c1-28(2,3)37-16-23(26(34)38-32-25-22(30-31-32)13-8-14-24(25)33)29-27(35)36-15-21-19-11-6-4-9-17(19)18-10-5-7-12-20(18)21/h4-14,21,23,25H,15-16H2,1-3H3,(H,29,35)/t23-,25-/m0/s1. The topological polar surface area (TPSA) is 119 Å². The number of hydrogen-bond donors (Lipinski definition) is 1. The van der Waals surface area contributed by atoms with Gasteiger partial charge in [0.15, 0.2) is 17.9 Å². The molecule has 0 saturated heterocycles. The third-order valence-corrected chi connectivity index (χ3v) is 6.33. The molecular formula is C28H28N4O6. The number of ether oxygens (including phenoxy) is 2. The number of carbonyl (C=O) groups excluding carboxylic acids is 3. The van der Waals surface area contributed by atoms with E-state index in [0.717, 1.165) is 27.4 Å². The molecule has 3 aliphatic rings. The molecule has 0 fully saturated rings. The van der Waals surface area contributed by atoms with Gasteiger partial charge in [0.1, 0.15) is 12.3 Å². The van der Waals surface area contributed by atoms with Gasteiger partial charge >= 0.3 is 12.1 Å². The average molecular weight is 517 g/mol. The number of rotatable bonds is 7. The van der Waals surface area contributed by atoms with Crippen LogP contribution in [0.1, 0.15) is 37.8 Å². The number of allylic oxidation sites excluding steroid dienone is 2. The highest BCUT2D eigenvalue weighted by atomic mass is 16.7. The van der Waals surface area contributed by atoms with Crippen LogP contribution >= 0.6 is 0 Å². The molecule has 0 aromatic heterocycles. The summed E-state index contributed by atoms with van der Waals surface area (Å²) in [4.78, 5) is 43.5. The van der Waals surface area contributed by atoms with E-state index in [2.05, 4.69) is 15.7 Å². The molecule has 2 aliphatic carbocycles. The molecular weight excluding hydrogens is 488 g/mol. The summed E-state index contributed by atoms with van der Waals surface area (Å²) >= 11 is 0. The molecule has 0 unspecified atom stereocenters. The van der Waals surface area contributed by atoms with E-state index in [1.54, 1.807) is 12.2 Å². The summed E-state index contributed by atoms with van der Waals surface area (Å²) in [6, 6.07) is 13.8. The first-order valence-corrected chi connectivity index (χ1v) is 12.3. The number of ketones is 1. The fourth-order valence-electron chi connectivity index (χ4n) is 4.54. The Labute approximate surface area is 219 Å². The van der Waals surface area contributed by atoms with Crippen molar-refractivity contribution in [2.24, 2.45) is 10.3 Å². The van der Waals surface area contributed by atoms with E-state index in [1.165, 1.54) is 6.08 Å². The number of carbonyl (C=O) groups is 3. The third-order valence-electron chi connectivity index (χ3n) is 6.33. The minimum atomic E-state index is -1.22. The van der Waals surface area contributed by atoms with Crippen LogP contribution in [-0.2, 0) is 23.9 Å². The number of benzene rings is 2. The summed E-state index contributed by atoms with van der Waals surface area (Å²) in [5.74, 6) is -1.33. The lowest BCUT2D eigenvalue weighted by molar-refractivity contribution is -0.201. The molecule has 0 spiro atoms. The van der Waals surface area contributed by atoms with E-state index in [1.807, 2.05) is 69.3 Å². The predicted molar refractivity (Wildman–Crippen MR) is 137 cm³/mol. The molecule has 1 aliphatic heterocycles. The van der Waals surface area contributed by atoms with E-state index >= 15 is 0 Å². The molecule has 0 bridgehead atoms. The van der Waals surface area contributed by atoms with Gasteiger partial charge in [0.2, 0.25) is 0 Å². The highest BCUT2D eigenvalue weighted by molar-refractivity contribution is 5.98. The van der Waals surface area contributed by atoms with Crippen molar-refractivity contribution in [1.82, 2.24) is 10.5 Å². The Morgan fingerprint density at radius 3 is 2.37 bits per heavy atom. The minimum absolute atomic E-state index is 0.0825. The molecule has 2 aromatic rings. The molecule has 38 heavy (non-hydrogen) atoms. The van der Waals surface area contributed by atoms with E-state index in [9.17, 15) is 14.4 Å². The van der Waals surface area contributed by atoms with Crippen LogP contribution in [-0.4, -0.2) is 53.9 Å². The Balaban J connectivity index is 1.25. The Morgan fingerprint density at radius 2 is 1.71 bits per heavy atom. The first-order valence-electron chi connectivity index (χ1n) is 12.3. The van der Waals surface area contributed by atoms with Gasteiger partial charge < -0.3 is 19.6 Å². The largest absolute Gasteiger partial charge is 0.449 e. The third kappa shape index (κ3) is 5.21. The maximum absolute atomic E-state index is 13.1. The van der Waals surface area contributed by atoms with Crippen molar-refractivity contribution in [1.29, 1.82) is 0 Å². The van der Waals surface area contributed by atoms with Crippen LogP contribution in [0.3, 0.4) is 0 Å². The van der Waals surface area contributed by atoms with E-state index in [0.29, 0.717) is 5.70 Å². The lowest BCUT2D eigenvalue weighted by atomic mass is 9.98. The van der Waals surface area contributed by atoms with Crippen molar-refractivity contribution in [2.75, 3.05) is 13.2 Å². The van der Waals surface area contributed by atoms with Crippen molar-refractivity contribution < 1.29 is 28.7 Å². The summed E-state index contributed by atoms with van der Waals surface area (Å²) in [6.07, 6.45) is 3.71. The molecule has 1 N–H and O–H groups in total. The van der Waals surface area contributed by atoms with Crippen LogP contribution in [0.4, 0.5) is 4.79 Å². The Hall–Kier alpha value is -4.31. The van der Waals surface area contributed by atoms with Crippen molar-refractivity contribution >= 4 is 17.8 Å². The van der Waals surface area contributed by atoms with Crippen LogP contribution in [0, 0.1) is 0 Å². The number of amides is 1. The maximum atomic E-state index is 13.1. The van der Waals surface area contributed by atoms with Gasteiger partial charge in [0, 0.05) is 5.92 Å². The smallest absolute Gasteiger partial charge is 0.407 e. The Kier molecular flexibility index (Phi) is 6.81. The zero-order chi connectivity index (χ0) is 26.9. The summed E-state index contributed by atoms with van der Waals surface area (Å²) in [7, 11) is 0. The summed E-state index contributed by atoms with van der Waals surface area (Å²) in [6.45, 7) is 5.36. The highest BCUT2D eigenvalue weighted by Gasteiger charge is 2.39. The first kappa shape index (κ1) is 25.3. The Bertz CT molecular complexity index is 1310. The van der Waals surface area contributed by atoms with Gasteiger partial charge in [-0.3, -0.25) is 4.79 Å². The van der Waals surface area contributed by atoms with Gasteiger partial charge in [-0.15, -0.1) is 5.11 Å². The van der Waals surface area contributed by atoms with Crippen LogP contribution in [0.2, 0.25) is 0 Å². The predicted octanol–water partition coefficient (Wildman–Crippen LogP) is 4.24. The molecule has 10 heteroatoms. The van der Waals surface area contributed by atoms with Gasteiger partial charge in [0.25, 0.3) is 0 Å². The van der Waals surface area contributed by atoms with Crippen LogP contribution in [0.15, 0.2) is 82.8 Å². The quantitative estimate of drug-likeness (QED) is 0.585. The second-order valence-electron chi connectivity index (χ2n) is 10.1. The summed E-state index contributed by atoms with van der Waals surface area (Å²) in [5, 5.41) is 11.0. The second-order valence-corrected chi connectivity index (χ2v) is 10.1. The molecule has 10 nitrogen and oxygen atoms in total. The number of nitrogens with one attached hydrogen (secondary N) is 1. The zero-order valence-electron chi connectivity index (χ0n) is 21.3. The van der Waals surface area contributed by atoms with Crippen molar-refractivity contribution in [3.05, 3.63) is 83.6 Å². The zero-order valence-corrected chi connectivity index (χ0v) is 21.3. The van der Waals surface area contributed by atoms with Crippen LogP contribution < -0.4 is 5.32 Å². The van der Waals surface area contributed by atoms with Gasteiger partial charge in [0.05, 0.1) is 12.2 Å². The lowest BCUT2D eigenvalue weighted by Gasteiger charge is -2.26. The molecule has 1 heterocycles. The lowest BCUT2D eigenvalue weighted by Crippen LogP contribution is -2.49. The van der Waals surface area contributed by atoms with Crippen molar-refractivity contribution in [2.45, 2.75) is 44.4 Å². The average Bonchev–Trinajstić information content (AvgIpc) is 3.44. The number of alkyl carbamates (subject to hydrolysis) is 1. The fraction of sp³-hybridized carbons (Fsp3) is 0.321. The molecule has 0 radical (unpaired) electrons. The summed E-state index contributed by atoms with van der Waals surface area (Å²) < 4.78 is 11.3. The molecule has 5 rings (SSSR count). The molecule has 1 amide bonds. The van der Waals surface area contributed by atoms with Crippen molar-refractivity contribution in [3.63, 3.8) is 0 Å². The minimum Gasteiger partial charge on any atom is -0.449 e. The highest BCUT2D eigenvalue weighted by Crippen LogP contribution is 2.44. The normalized spacial score (nSPS) is 18.4. The molecule has 2 aromatic carbocycles. The van der Waals surface area contributed by atoms with Gasteiger partial charge in [-0.25, -0.2) is 9.59 Å². The maximum Gasteiger partial charge on any atom is 0.407 e. The monoisotopic (exact) mass is 516 g/mol. The van der Waals surface area contributed by atoms with Crippen LogP contribution in [0.5, 0.6) is 0 Å². The molecule has 2 atom stereocenters. The van der Waals surface area contributed by atoms with E-state index in [-0.39, 0.29) is 24.9 Å². The van der Waals surface area contributed by atoms with E-state index < -0.39 is 29.7 Å². The Morgan fingerprint density at radius 1 is 1.05 bits per heavy atom. The van der Waals surface area contributed by atoms with Crippen LogP contribution in [0.25, 0.3) is 11.1 Å². The molecule has 0 saturated carbocycles. The van der Waals surface area contributed by atoms with Gasteiger partial charge in [-0.1, -0.05) is 59.8 Å². The SMILES string of the molecule is CC(C)(C)OC[C@H](NC(=O)OCC1c2ccccc2-c2ccccc21)C(=O)ON1N=NC2=CC=CC(=O)[C@H]21. The fourth-order valence-corrected chi connectivity index (χ4v) is 4.54. The van der Waals surface area contributed by atoms with Gasteiger partial charge in [-0.2, -0.15) is 0 Å². The number of hydroxylamine groups is 1. The first-order chi connectivity index (χ1) is 18.2. The van der Waals surface area contributed by atoms with E-state index in [4.69, 9.17) is 14.3 Å². The van der Waals surface area contributed by atoms with Gasteiger partial charge in [-0.05, 0) is 60.4 Å². The number of nitrogens with zero attached hydrogens (tertiary/aromatic N) is 3. The number of fused-ring (bicyclic) bond motifs is 4.